The molecule has 0 saturated carbocycles. The Hall–Kier alpha value is -1.19. The fourth-order valence-corrected chi connectivity index (χ4v) is 1.62. The van der Waals surface area contributed by atoms with Crippen LogP contribution in [0.2, 0.25) is 0 Å². The number of carbonyl (C=O) groups is 2. The number of carboxylic acids is 1. The number of hydrogen-bond donors (Lipinski definition) is 4. The topological polar surface area (TPSA) is 161 Å². The summed E-state index contributed by atoms with van der Waals surface area (Å²) in [6.07, 6.45) is -0.704. The molecule has 9 heteroatoms. The van der Waals surface area contributed by atoms with Gasteiger partial charge in [0.25, 0.3) is 10.1 Å². The van der Waals surface area contributed by atoms with E-state index in [9.17, 15) is 18.0 Å². The van der Waals surface area contributed by atoms with Crippen molar-refractivity contribution in [1.82, 2.24) is 0 Å². The van der Waals surface area contributed by atoms with Crippen LogP contribution in [-0.4, -0.2) is 41.2 Å². The summed E-state index contributed by atoms with van der Waals surface area (Å²) in [7, 11) is -4.61. The van der Waals surface area contributed by atoms with Crippen LogP contribution in [0.4, 0.5) is 0 Å². The first kappa shape index (κ1) is 13.8. The number of primary amides is 1. The van der Waals surface area contributed by atoms with Crippen molar-refractivity contribution < 1.29 is 27.7 Å². The first-order valence-corrected chi connectivity index (χ1v) is 5.40. The first-order chi connectivity index (χ1) is 6.66. The molecule has 0 bridgehead atoms. The van der Waals surface area contributed by atoms with E-state index in [-0.39, 0.29) is 6.42 Å². The second-order valence-electron chi connectivity index (χ2n) is 2.93. The summed E-state index contributed by atoms with van der Waals surface area (Å²) >= 11 is 0. The Kier molecular flexibility index (Phi) is 4.65. The van der Waals surface area contributed by atoms with Crippen LogP contribution in [0, 0.1) is 0 Å². The zero-order valence-electron chi connectivity index (χ0n) is 7.66. The van der Waals surface area contributed by atoms with Crippen LogP contribution >= 0.6 is 0 Å². The summed E-state index contributed by atoms with van der Waals surface area (Å²) in [5.74, 6) is -2.57. The third kappa shape index (κ3) is 4.72. The number of amides is 1. The second kappa shape index (κ2) is 5.05. The van der Waals surface area contributed by atoms with Crippen molar-refractivity contribution in [3.05, 3.63) is 0 Å². The average molecular weight is 240 g/mol. The quantitative estimate of drug-likeness (QED) is 0.387. The Labute approximate surface area is 86.0 Å². The smallest absolute Gasteiger partial charge is 0.320 e. The largest absolute Gasteiger partial charge is 0.480 e. The predicted octanol–water partition coefficient (Wildman–Crippen LogP) is -2.08. The predicted molar refractivity (Wildman–Crippen MR) is 49.4 cm³/mol. The molecular weight excluding hydrogens is 228 g/mol. The monoisotopic (exact) mass is 240 g/mol. The van der Waals surface area contributed by atoms with Gasteiger partial charge in [-0.05, 0) is 12.8 Å². The van der Waals surface area contributed by atoms with Crippen molar-refractivity contribution in [2.24, 2.45) is 11.5 Å². The molecule has 0 aliphatic carbocycles. The zero-order chi connectivity index (χ0) is 12.2. The SMILES string of the molecule is NC(=O)[C@H](CC[C@H](N)C(=O)O)S(=O)(=O)O. The van der Waals surface area contributed by atoms with E-state index in [1.807, 2.05) is 0 Å². The Balaban J connectivity index is 4.47. The van der Waals surface area contributed by atoms with Gasteiger partial charge in [-0.25, -0.2) is 0 Å². The van der Waals surface area contributed by atoms with Crippen LogP contribution in [0.1, 0.15) is 12.8 Å². The number of nitrogens with two attached hydrogens (primary N) is 2. The molecule has 0 saturated heterocycles. The molecule has 0 rings (SSSR count). The molecule has 0 fully saturated rings. The van der Waals surface area contributed by atoms with Crippen LogP contribution in [-0.2, 0) is 19.7 Å². The van der Waals surface area contributed by atoms with Crippen molar-refractivity contribution in [3.8, 4) is 0 Å². The molecule has 8 nitrogen and oxygen atoms in total. The van der Waals surface area contributed by atoms with Gasteiger partial charge in [-0.3, -0.25) is 14.1 Å². The lowest BCUT2D eigenvalue weighted by Gasteiger charge is -2.11. The molecule has 0 radical (unpaired) electrons. The standard InChI is InChI=1S/C6H12N2O6S/c7-3(6(10)11)1-2-4(5(8)9)15(12,13)14/h3-4H,1-2,7H2,(H2,8,9)(H,10,11)(H,12,13,14)/t3-,4-/m0/s1. The average Bonchev–Trinajstić information content (AvgIpc) is 2.00. The van der Waals surface area contributed by atoms with E-state index in [1.165, 1.54) is 0 Å². The molecule has 0 aromatic rings. The van der Waals surface area contributed by atoms with Crippen molar-refractivity contribution in [2.45, 2.75) is 24.1 Å². The van der Waals surface area contributed by atoms with E-state index in [4.69, 9.17) is 21.1 Å². The molecule has 0 aliphatic rings. The zero-order valence-corrected chi connectivity index (χ0v) is 8.48. The molecule has 0 aromatic carbocycles. The van der Waals surface area contributed by atoms with Gasteiger partial charge in [-0.2, -0.15) is 8.42 Å². The van der Waals surface area contributed by atoms with Gasteiger partial charge in [0.05, 0.1) is 0 Å². The van der Waals surface area contributed by atoms with Gasteiger partial charge in [0.2, 0.25) is 5.91 Å². The van der Waals surface area contributed by atoms with E-state index in [0.717, 1.165) is 0 Å². The molecule has 2 atom stereocenters. The summed E-state index contributed by atoms with van der Waals surface area (Å²) in [4.78, 5) is 20.9. The highest BCUT2D eigenvalue weighted by atomic mass is 32.2. The van der Waals surface area contributed by atoms with Crippen LogP contribution < -0.4 is 11.5 Å². The lowest BCUT2D eigenvalue weighted by molar-refractivity contribution is -0.138. The van der Waals surface area contributed by atoms with E-state index in [2.05, 4.69) is 0 Å². The molecule has 6 N–H and O–H groups in total. The van der Waals surface area contributed by atoms with Gasteiger partial charge in [-0.15, -0.1) is 0 Å². The molecule has 0 aliphatic heterocycles. The van der Waals surface area contributed by atoms with Crippen molar-refractivity contribution >= 4 is 22.0 Å². The van der Waals surface area contributed by atoms with E-state index in [0.29, 0.717) is 0 Å². The minimum atomic E-state index is -4.61. The highest BCUT2D eigenvalue weighted by Crippen LogP contribution is 2.08. The molecule has 0 aromatic heterocycles. The Morgan fingerprint density at radius 2 is 1.73 bits per heavy atom. The number of rotatable bonds is 6. The molecule has 15 heavy (non-hydrogen) atoms. The number of hydrogen-bond acceptors (Lipinski definition) is 5. The third-order valence-corrected chi connectivity index (χ3v) is 2.92. The minimum Gasteiger partial charge on any atom is -0.480 e. The summed E-state index contributed by atoms with van der Waals surface area (Å²) in [6, 6.07) is -1.30. The minimum absolute atomic E-state index is 0.275. The molecule has 88 valence electrons. The van der Waals surface area contributed by atoms with Crippen LogP contribution in [0.3, 0.4) is 0 Å². The normalized spacial score (nSPS) is 15.6. The lowest BCUT2D eigenvalue weighted by atomic mass is 10.1. The molecule has 0 heterocycles. The summed E-state index contributed by atoms with van der Waals surface area (Å²) in [5, 5.41) is 6.57. The summed E-state index contributed by atoms with van der Waals surface area (Å²) in [6.45, 7) is 0. The highest BCUT2D eigenvalue weighted by Gasteiger charge is 2.29. The Morgan fingerprint density at radius 3 is 2.00 bits per heavy atom. The van der Waals surface area contributed by atoms with Crippen molar-refractivity contribution in [2.75, 3.05) is 0 Å². The van der Waals surface area contributed by atoms with Crippen LogP contribution in [0.15, 0.2) is 0 Å². The molecule has 1 amide bonds. The van der Waals surface area contributed by atoms with Gasteiger partial charge in [0, 0.05) is 0 Å². The summed E-state index contributed by atoms with van der Waals surface area (Å²) < 4.78 is 29.8. The van der Waals surface area contributed by atoms with E-state index < -0.39 is 39.7 Å². The molecular formula is C6H12N2O6S. The van der Waals surface area contributed by atoms with Crippen LogP contribution in [0.5, 0.6) is 0 Å². The van der Waals surface area contributed by atoms with Gasteiger partial charge in [0.15, 0.2) is 5.25 Å². The maximum absolute atomic E-state index is 10.6. The maximum Gasteiger partial charge on any atom is 0.320 e. The number of carboxylic acid groups (broad SMARTS) is 1. The van der Waals surface area contributed by atoms with E-state index >= 15 is 0 Å². The lowest BCUT2D eigenvalue weighted by Crippen LogP contribution is -2.38. The van der Waals surface area contributed by atoms with Gasteiger partial charge < -0.3 is 16.6 Å². The van der Waals surface area contributed by atoms with Crippen molar-refractivity contribution in [1.29, 1.82) is 0 Å². The number of carbonyl (C=O) groups excluding carboxylic acids is 1. The maximum atomic E-state index is 10.6. The fourth-order valence-electron chi connectivity index (χ4n) is 0.892. The first-order valence-electron chi connectivity index (χ1n) is 3.90. The molecule has 0 unspecified atom stereocenters. The van der Waals surface area contributed by atoms with E-state index in [1.54, 1.807) is 0 Å². The second-order valence-corrected chi connectivity index (χ2v) is 4.53. The van der Waals surface area contributed by atoms with Gasteiger partial charge >= 0.3 is 5.97 Å². The molecule has 0 spiro atoms. The third-order valence-electron chi connectivity index (χ3n) is 1.73. The van der Waals surface area contributed by atoms with Crippen LogP contribution in [0.25, 0.3) is 0 Å². The Bertz CT molecular complexity index is 351. The Morgan fingerprint density at radius 1 is 1.27 bits per heavy atom. The van der Waals surface area contributed by atoms with Gasteiger partial charge in [0.1, 0.15) is 6.04 Å². The number of aliphatic carboxylic acids is 1. The summed E-state index contributed by atoms with van der Waals surface area (Å²) in [5.41, 5.74) is 9.80. The van der Waals surface area contributed by atoms with Crippen molar-refractivity contribution in [3.63, 3.8) is 0 Å². The van der Waals surface area contributed by atoms with Gasteiger partial charge in [-0.1, -0.05) is 0 Å². The highest BCUT2D eigenvalue weighted by molar-refractivity contribution is 7.87. The fraction of sp³-hybridized carbons (Fsp3) is 0.667.